The van der Waals surface area contributed by atoms with Gasteiger partial charge in [-0.25, -0.2) is 0 Å². The highest BCUT2D eigenvalue weighted by molar-refractivity contribution is 5.92. The summed E-state index contributed by atoms with van der Waals surface area (Å²) in [4.78, 5) is 16.9. The molecule has 0 aromatic heterocycles. The lowest BCUT2D eigenvalue weighted by atomic mass is 10.2. The van der Waals surface area contributed by atoms with Crippen molar-refractivity contribution in [2.24, 2.45) is 0 Å². The van der Waals surface area contributed by atoms with E-state index in [1.54, 1.807) is 25.3 Å². The van der Waals surface area contributed by atoms with Crippen LogP contribution in [0.15, 0.2) is 48.5 Å². The van der Waals surface area contributed by atoms with E-state index in [0.29, 0.717) is 24.3 Å². The monoisotopic (exact) mass is 408 g/mol. The van der Waals surface area contributed by atoms with Gasteiger partial charge in [-0.1, -0.05) is 12.1 Å². The quantitative estimate of drug-likeness (QED) is 0.687. The summed E-state index contributed by atoms with van der Waals surface area (Å²) >= 11 is 0. The maximum Gasteiger partial charge on any atom is 0.225 e. The smallest absolute Gasteiger partial charge is 0.225 e. The second-order valence-corrected chi connectivity index (χ2v) is 7.16. The normalized spacial score (nSPS) is 14.7. The molecule has 0 bridgehead atoms. The van der Waals surface area contributed by atoms with Gasteiger partial charge in [0.15, 0.2) is 0 Å². The highest BCUT2D eigenvalue weighted by atomic mass is 16.5. The highest BCUT2D eigenvalue weighted by Gasteiger charge is 2.17. The summed E-state index contributed by atoms with van der Waals surface area (Å²) in [5.74, 6) is 1.60. The van der Waals surface area contributed by atoms with Crippen molar-refractivity contribution in [2.45, 2.75) is 6.42 Å². The van der Waals surface area contributed by atoms with Crippen LogP contribution in [0.5, 0.6) is 11.5 Å². The van der Waals surface area contributed by atoms with Crippen LogP contribution < -0.4 is 14.8 Å². The maximum atomic E-state index is 12.2. The largest absolute Gasteiger partial charge is 0.497 e. The molecule has 0 radical (unpaired) electrons. The van der Waals surface area contributed by atoms with E-state index in [2.05, 4.69) is 21.2 Å². The van der Waals surface area contributed by atoms with Crippen molar-refractivity contribution in [1.29, 1.82) is 5.26 Å². The molecule has 0 aliphatic carbocycles. The van der Waals surface area contributed by atoms with Crippen molar-refractivity contribution in [2.75, 3.05) is 58.3 Å². The fourth-order valence-corrected chi connectivity index (χ4v) is 3.36. The molecular formula is C23H28N4O3. The SMILES string of the molecule is COc1ccc(OCCN2CCN(CCC(=O)Nc3ccccc3C#N)CC2)cc1. The van der Waals surface area contributed by atoms with Crippen molar-refractivity contribution in [3.8, 4) is 17.6 Å². The average molecular weight is 409 g/mol. The number of rotatable bonds is 9. The first kappa shape index (κ1) is 21.6. The first-order valence-corrected chi connectivity index (χ1v) is 10.2. The van der Waals surface area contributed by atoms with Gasteiger partial charge in [-0.3, -0.25) is 9.69 Å². The van der Waals surface area contributed by atoms with Gasteiger partial charge in [-0.15, -0.1) is 0 Å². The first-order valence-electron chi connectivity index (χ1n) is 10.2. The van der Waals surface area contributed by atoms with E-state index in [9.17, 15) is 4.79 Å². The Morgan fingerprint density at radius 1 is 1.00 bits per heavy atom. The summed E-state index contributed by atoms with van der Waals surface area (Å²) in [6, 6.07) is 16.8. The lowest BCUT2D eigenvalue weighted by molar-refractivity contribution is -0.116. The lowest BCUT2D eigenvalue weighted by Gasteiger charge is -2.34. The highest BCUT2D eigenvalue weighted by Crippen LogP contribution is 2.17. The number of hydrogen-bond acceptors (Lipinski definition) is 6. The molecular weight excluding hydrogens is 380 g/mol. The molecule has 1 aliphatic rings. The number of hydrogen-bond donors (Lipinski definition) is 1. The second kappa shape index (κ2) is 11.2. The zero-order valence-corrected chi connectivity index (χ0v) is 17.3. The number of para-hydroxylation sites is 1. The maximum absolute atomic E-state index is 12.2. The summed E-state index contributed by atoms with van der Waals surface area (Å²) < 4.78 is 11.0. The number of carbonyl (C=O) groups excluding carboxylic acids is 1. The topological polar surface area (TPSA) is 77.8 Å². The third kappa shape index (κ3) is 6.48. The molecule has 158 valence electrons. The molecule has 1 N–H and O–H groups in total. The zero-order chi connectivity index (χ0) is 21.2. The van der Waals surface area contributed by atoms with Gasteiger partial charge in [-0.05, 0) is 36.4 Å². The van der Waals surface area contributed by atoms with Gasteiger partial charge in [0.25, 0.3) is 0 Å². The predicted octanol–water partition coefficient (Wildman–Crippen LogP) is 2.59. The molecule has 1 heterocycles. The van der Waals surface area contributed by atoms with Gasteiger partial charge >= 0.3 is 0 Å². The van der Waals surface area contributed by atoms with Gasteiger partial charge in [-0.2, -0.15) is 5.26 Å². The molecule has 0 atom stereocenters. The fourth-order valence-electron chi connectivity index (χ4n) is 3.36. The Labute approximate surface area is 177 Å². The minimum absolute atomic E-state index is 0.0620. The number of piperazine rings is 1. The molecule has 2 aromatic rings. The van der Waals surface area contributed by atoms with E-state index in [0.717, 1.165) is 50.8 Å². The Morgan fingerprint density at radius 2 is 1.63 bits per heavy atom. The van der Waals surface area contributed by atoms with Gasteiger partial charge in [0.05, 0.1) is 18.4 Å². The molecule has 3 rings (SSSR count). The molecule has 1 fully saturated rings. The molecule has 1 aliphatic heterocycles. The molecule has 30 heavy (non-hydrogen) atoms. The standard InChI is InChI=1S/C23H28N4O3/c1-29-20-6-8-21(9-7-20)30-17-16-27-14-12-26(13-15-27)11-10-23(28)25-22-5-3-2-4-19(22)18-24/h2-9H,10-17H2,1H3,(H,25,28). The van der Waals surface area contributed by atoms with Crippen LogP contribution in [0.25, 0.3) is 0 Å². The molecule has 1 amide bonds. The Hall–Kier alpha value is -3.08. The van der Waals surface area contributed by atoms with Gasteiger partial charge < -0.3 is 19.7 Å². The number of benzene rings is 2. The van der Waals surface area contributed by atoms with Crippen molar-refractivity contribution < 1.29 is 14.3 Å². The van der Waals surface area contributed by atoms with Gasteiger partial charge in [0.2, 0.25) is 5.91 Å². The van der Waals surface area contributed by atoms with Gasteiger partial charge in [0, 0.05) is 45.7 Å². The van der Waals surface area contributed by atoms with E-state index in [1.165, 1.54) is 0 Å². The Morgan fingerprint density at radius 3 is 2.30 bits per heavy atom. The number of ether oxygens (including phenoxy) is 2. The van der Waals surface area contributed by atoms with Crippen LogP contribution in [0.2, 0.25) is 0 Å². The predicted molar refractivity (Wildman–Crippen MR) is 116 cm³/mol. The van der Waals surface area contributed by atoms with Crippen molar-refractivity contribution in [3.05, 3.63) is 54.1 Å². The lowest BCUT2D eigenvalue weighted by Crippen LogP contribution is -2.48. The second-order valence-electron chi connectivity index (χ2n) is 7.16. The van der Waals surface area contributed by atoms with E-state index >= 15 is 0 Å². The number of carbonyl (C=O) groups is 1. The van der Waals surface area contributed by atoms with E-state index in [-0.39, 0.29) is 5.91 Å². The Bertz CT molecular complexity index is 855. The summed E-state index contributed by atoms with van der Waals surface area (Å²) in [5, 5.41) is 11.9. The fraction of sp³-hybridized carbons (Fsp3) is 0.391. The molecule has 2 aromatic carbocycles. The van der Waals surface area contributed by atoms with E-state index in [1.807, 2.05) is 30.3 Å². The average Bonchev–Trinajstić information content (AvgIpc) is 2.79. The Balaban J connectivity index is 1.31. The van der Waals surface area contributed by atoms with Crippen molar-refractivity contribution in [3.63, 3.8) is 0 Å². The number of nitrogens with one attached hydrogen (secondary N) is 1. The van der Waals surface area contributed by atoms with Crippen molar-refractivity contribution in [1.82, 2.24) is 9.80 Å². The van der Waals surface area contributed by atoms with E-state index < -0.39 is 0 Å². The molecule has 7 heteroatoms. The van der Waals surface area contributed by atoms with Crippen LogP contribution in [0, 0.1) is 11.3 Å². The van der Waals surface area contributed by atoms with Crippen LogP contribution in [0.1, 0.15) is 12.0 Å². The number of nitrogens with zero attached hydrogens (tertiary/aromatic N) is 3. The number of methoxy groups -OCH3 is 1. The summed E-state index contributed by atoms with van der Waals surface area (Å²) in [7, 11) is 1.65. The van der Waals surface area contributed by atoms with Crippen LogP contribution in [-0.2, 0) is 4.79 Å². The third-order valence-electron chi connectivity index (χ3n) is 5.18. The van der Waals surface area contributed by atoms with Crippen LogP contribution in [0.3, 0.4) is 0 Å². The Kier molecular flexibility index (Phi) is 8.07. The summed E-state index contributed by atoms with van der Waals surface area (Å²) in [6.07, 6.45) is 0.417. The third-order valence-corrected chi connectivity index (χ3v) is 5.18. The molecule has 0 saturated carbocycles. The minimum atomic E-state index is -0.0620. The van der Waals surface area contributed by atoms with Crippen molar-refractivity contribution >= 4 is 11.6 Å². The first-order chi connectivity index (χ1) is 14.7. The van der Waals surface area contributed by atoms with Crippen LogP contribution in [-0.4, -0.2) is 68.7 Å². The van der Waals surface area contributed by atoms with Gasteiger partial charge in [0.1, 0.15) is 24.2 Å². The van der Waals surface area contributed by atoms with Crippen LogP contribution >= 0.6 is 0 Å². The number of nitriles is 1. The minimum Gasteiger partial charge on any atom is -0.497 e. The summed E-state index contributed by atoms with van der Waals surface area (Å²) in [6.45, 7) is 6.04. The number of anilines is 1. The van der Waals surface area contributed by atoms with E-state index in [4.69, 9.17) is 14.7 Å². The molecule has 7 nitrogen and oxygen atoms in total. The molecule has 0 unspecified atom stereocenters. The molecule has 0 spiro atoms. The summed E-state index contributed by atoms with van der Waals surface area (Å²) in [5.41, 5.74) is 1.06. The zero-order valence-electron chi connectivity index (χ0n) is 17.3. The number of amides is 1. The van der Waals surface area contributed by atoms with Crippen LogP contribution in [0.4, 0.5) is 5.69 Å². The molecule has 1 saturated heterocycles.